The van der Waals surface area contributed by atoms with Crippen molar-refractivity contribution in [2.45, 2.75) is 65.7 Å². The summed E-state index contributed by atoms with van der Waals surface area (Å²) < 4.78 is 20.7. The van der Waals surface area contributed by atoms with Crippen molar-refractivity contribution in [3.8, 4) is 28.0 Å². The molecule has 0 saturated carbocycles. The molecule has 32 heavy (non-hydrogen) atoms. The highest BCUT2D eigenvalue weighted by Crippen LogP contribution is 2.29. The summed E-state index contributed by atoms with van der Waals surface area (Å²) in [5.74, 6) is 1.44. The smallest absolute Gasteiger partial charge is 0.131 e. The number of hydrogen-bond donors (Lipinski definition) is 0. The van der Waals surface area contributed by atoms with Crippen LogP contribution in [0.2, 0.25) is 0 Å². The number of aryl methyl sites for hydroxylation is 1. The van der Waals surface area contributed by atoms with Crippen LogP contribution in [-0.2, 0) is 6.42 Å². The van der Waals surface area contributed by atoms with Gasteiger partial charge < -0.3 is 4.74 Å². The van der Waals surface area contributed by atoms with Crippen LogP contribution < -0.4 is 4.74 Å². The molecule has 0 aliphatic heterocycles. The number of unbranched alkanes of at least 4 members (excludes halogenated alkanes) is 2. The summed E-state index contributed by atoms with van der Waals surface area (Å²) >= 11 is 0. The normalized spacial score (nSPS) is 12.0. The van der Waals surface area contributed by atoms with Crippen LogP contribution in [0.4, 0.5) is 4.39 Å². The molecule has 0 amide bonds. The molecule has 170 valence electrons. The molecule has 0 radical (unpaired) electrons. The maximum absolute atomic E-state index is 14.9. The number of hydrogen-bond acceptors (Lipinski definition) is 1. The maximum atomic E-state index is 14.9. The zero-order valence-electron chi connectivity index (χ0n) is 19.9. The van der Waals surface area contributed by atoms with E-state index in [0.29, 0.717) is 5.56 Å². The molecule has 0 saturated heterocycles. The topological polar surface area (TPSA) is 9.23 Å². The van der Waals surface area contributed by atoms with Crippen molar-refractivity contribution >= 4 is 0 Å². The lowest BCUT2D eigenvalue weighted by Crippen LogP contribution is -1.96. The Kier molecular flexibility index (Phi) is 9.34. The molecule has 2 heteroatoms. The molecule has 0 aliphatic rings. The Hall–Kier alpha value is -2.61. The van der Waals surface area contributed by atoms with E-state index in [1.165, 1.54) is 37.7 Å². The molecule has 1 atom stereocenters. The third-order valence-corrected chi connectivity index (χ3v) is 6.30. The molecule has 0 heterocycles. The molecule has 0 aliphatic carbocycles. The van der Waals surface area contributed by atoms with Crippen LogP contribution in [0.1, 0.15) is 64.9 Å². The molecule has 0 fully saturated rings. The largest absolute Gasteiger partial charge is 0.494 e. The van der Waals surface area contributed by atoms with Gasteiger partial charge >= 0.3 is 0 Å². The van der Waals surface area contributed by atoms with E-state index in [1.807, 2.05) is 36.4 Å². The van der Waals surface area contributed by atoms with Crippen molar-refractivity contribution in [1.29, 1.82) is 0 Å². The van der Waals surface area contributed by atoms with Gasteiger partial charge in [-0.3, -0.25) is 0 Å². The highest BCUT2D eigenvalue weighted by atomic mass is 19.1. The quantitative estimate of drug-likeness (QED) is 0.259. The van der Waals surface area contributed by atoms with Gasteiger partial charge in [0.05, 0.1) is 6.61 Å². The van der Waals surface area contributed by atoms with Crippen molar-refractivity contribution in [1.82, 2.24) is 0 Å². The second-order valence-electron chi connectivity index (χ2n) is 8.88. The first-order chi connectivity index (χ1) is 15.6. The number of halogens is 1. The van der Waals surface area contributed by atoms with E-state index in [4.69, 9.17) is 4.74 Å². The van der Waals surface area contributed by atoms with Gasteiger partial charge in [0.15, 0.2) is 0 Å². The monoisotopic (exact) mass is 432 g/mol. The van der Waals surface area contributed by atoms with Crippen LogP contribution in [0.3, 0.4) is 0 Å². The first-order valence-electron chi connectivity index (χ1n) is 12.2. The van der Waals surface area contributed by atoms with Crippen molar-refractivity contribution in [3.63, 3.8) is 0 Å². The first-order valence-corrected chi connectivity index (χ1v) is 12.2. The summed E-state index contributed by atoms with van der Waals surface area (Å²) in [4.78, 5) is 0. The zero-order valence-corrected chi connectivity index (χ0v) is 19.9. The van der Waals surface area contributed by atoms with Crippen LogP contribution in [0, 0.1) is 11.7 Å². The number of rotatable bonds is 12. The molecule has 0 unspecified atom stereocenters. The number of ether oxygens (including phenoxy) is 1. The van der Waals surface area contributed by atoms with Gasteiger partial charge in [0.25, 0.3) is 0 Å². The fourth-order valence-electron chi connectivity index (χ4n) is 3.92. The van der Waals surface area contributed by atoms with Crippen molar-refractivity contribution in [2.75, 3.05) is 6.61 Å². The second-order valence-corrected chi connectivity index (χ2v) is 8.88. The third kappa shape index (κ3) is 6.95. The predicted octanol–water partition coefficient (Wildman–Crippen LogP) is 9.10. The van der Waals surface area contributed by atoms with Gasteiger partial charge in [0.1, 0.15) is 11.6 Å². The molecule has 0 spiro atoms. The van der Waals surface area contributed by atoms with Crippen molar-refractivity contribution < 1.29 is 9.13 Å². The van der Waals surface area contributed by atoms with E-state index in [-0.39, 0.29) is 5.82 Å². The van der Waals surface area contributed by atoms with Gasteiger partial charge in [-0.05, 0) is 65.6 Å². The third-order valence-electron chi connectivity index (χ3n) is 6.30. The summed E-state index contributed by atoms with van der Waals surface area (Å²) in [5.41, 5.74) is 4.80. The molecular weight excluding hydrogens is 395 g/mol. The second kappa shape index (κ2) is 12.4. The van der Waals surface area contributed by atoms with Crippen LogP contribution in [0.25, 0.3) is 22.3 Å². The highest BCUT2D eigenvalue weighted by molar-refractivity contribution is 5.71. The van der Waals surface area contributed by atoms with Gasteiger partial charge in [-0.1, -0.05) is 95.0 Å². The van der Waals surface area contributed by atoms with E-state index >= 15 is 0 Å². The summed E-state index contributed by atoms with van der Waals surface area (Å²) in [6.45, 7) is 7.48. The summed E-state index contributed by atoms with van der Waals surface area (Å²) in [5, 5.41) is 0. The fourth-order valence-corrected chi connectivity index (χ4v) is 3.92. The lowest BCUT2D eigenvalue weighted by atomic mass is 9.96. The minimum absolute atomic E-state index is 0.197. The molecule has 3 rings (SSSR count). The van der Waals surface area contributed by atoms with Gasteiger partial charge in [0.2, 0.25) is 0 Å². The van der Waals surface area contributed by atoms with Crippen LogP contribution in [0.15, 0.2) is 66.7 Å². The Balaban J connectivity index is 1.62. The molecular formula is C30H37FO. The lowest BCUT2D eigenvalue weighted by molar-refractivity contribution is 0.306. The summed E-state index contributed by atoms with van der Waals surface area (Å²) in [7, 11) is 0. The Bertz CT molecular complexity index is 944. The summed E-state index contributed by atoms with van der Waals surface area (Å²) in [6, 6.07) is 21.8. The highest BCUT2D eigenvalue weighted by Gasteiger charge is 2.08. The van der Waals surface area contributed by atoms with E-state index in [9.17, 15) is 4.39 Å². The first kappa shape index (κ1) is 24.0. The SMILES string of the molecule is CCCCCOc1ccc(-c2ccc(-c3ccc(CCC[C@@H](C)CC)cc3)cc2F)cc1. The van der Waals surface area contributed by atoms with E-state index in [0.717, 1.165) is 47.8 Å². The van der Waals surface area contributed by atoms with E-state index in [2.05, 4.69) is 45.0 Å². The molecule has 0 N–H and O–H groups in total. The standard InChI is InChI=1S/C30H37FO/c1-4-6-7-21-32-28-18-15-26(16-19-28)29-20-17-27(22-30(29)31)25-13-11-24(12-14-25)10-8-9-23(3)5-2/h11-20,22-23H,4-10,21H2,1-3H3/t23-/m0/s1. The number of benzene rings is 3. The Morgan fingerprint density at radius 2 is 1.47 bits per heavy atom. The Labute approximate surface area is 193 Å². The minimum Gasteiger partial charge on any atom is -0.494 e. The van der Waals surface area contributed by atoms with E-state index < -0.39 is 0 Å². The molecule has 3 aromatic rings. The predicted molar refractivity (Wildman–Crippen MR) is 135 cm³/mol. The lowest BCUT2D eigenvalue weighted by Gasteiger charge is -2.10. The molecule has 0 aromatic heterocycles. The van der Waals surface area contributed by atoms with Gasteiger partial charge in [-0.2, -0.15) is 0 Å². The molecule has 3 aromatic carbocycles. The maximum Gasteiger partial charge on any atom is 0.131 e. The van der Waals surface area contributed by atoms with Gasteiger partial charge in [-0.25, -0.2) is 4.39 Å². The van der Waals surface area contributed by atoms with Crippen LogP contribution >= 0.6 is 0 Å². The van der Waals surface area contributed by atoms with E-state index in [1.54, 1.807) is 6.07 Å². The Morgan fingerprint density at radius 1 is 0.781 bits per heavy atom. The van der Waals surface area contributed by atoms with Crippen LogP contribution in [-0.4, -0.2) is 6.61 Å². The summed E-state index contributed by atoms with van der Waals surface area (Å²) in [6.07, 6.45) is 8.27. The minimum atomic E-state index is -0.197. The average Bonchev–Trinajstić information content (AvgIpc) is 2.82. The average molecular weight is 433 g/mol. The molecule has 1 nitrogen and oxygen atoms in total. The fraction of sp³-hybridized carbons (Fsp3) is 0.400. The zero-order chi connectivity index (χ0) is 22.8. The van der Waals surface area contributed by atoms with Crippen molar-refractivity contribution in [3.05, 3.63) is 78.1 Å². The van der Waals surface area contributed by atoms with Crippen LogP contribution in [0.5, 0.6) is 5.75 Å². The van der Waals surface area contributed by atoms with Gasteiger partial charge in [0, 0.05) is 5.56 Å². The van der Waals surface area contributed by atoms with Gasteiger partial charge in [-0.15, -0.1) is 0 Å². The Morgan fingerprint density at radius 3 is 2.12 bits per heavy atom. The molecule has 0 bridgehead atoms. The van der Waals surface area contributed by atoms with Crippen molar-refractivity contribution in [2.24, 2.45) is 5.92 Å².